The summed E-state index contributed by atoms with van der Waals surface area (Å²) >= 11 is 3.42. The van der Waals surface area contributed by atoms with E-state index in [1.54, 1.807) is 24.3 Å². The van der Waals surface area contributed by atoms with Crippen LogP contribution in [0.4, 0.5) is 0 Å². The van der Waals surface area contributed by atoms with Crippen LogP contribution in [-0.2, 0) is 10.1 Å². The topological polar surface area (TPSA) is 52.6 Å². The fourth-order valence-corrected chi connectivity index (χ4v) is 4.06. The number of para-hydroxylation sites is 1. The zero-order valence-electron chi connectivity index (χ0n) is 12.2. The molecular weight excluding hydrogens is 380 g/mol. The molecule has 6 heteroatoms. The van der Waals surface area contributed by atoms with Crippen molar-refractivity contribution in [2.75, 3.05) is 7.11 Å². The lowest BCUT2D eigenvalue weighted by atomic mass is 10.1. The van der Waals surface area contributed by atoms with Crippen molar-refractivity contribution in [1.29, 1.82) is 0 Å². The SMILES string of the molecule is COc1ccccc1S(=O)(=O)Oc1ccc2ccccc2c1Br. The average molecular weight is 393 g/mol. The summed E-state index contributed by atoms with van der Waals surface area (Å²) in [6.07, 6.45) is 0. The monoisotopic (exact) mass is 392 g/mol. The van der Waals surface area contributed by atoms with Crippen molar-refractivity contribution in [3.63, 3.8) is 0 Å². The molecule has 0 aliphatic carbocycles. The van der Waals surface area contributed by atoms with E-state index in [0.717, 1.165) is 10.8 Å². The number of hydrogen-bond donors (Lipinski definition) is 0. The number of rotatable bonds is 4. The molecule has 0 aliphatic rings. The summed E-state index contributed by atoms with van der Waals surface area (Å²) in [7, 11) is -2.59. The molecule has 0 atom stereocenters. The van der Waals surface area contributed by atoms with Gasteiger partial charge in [0.25, 0.3) is 0 Å². The van der Waals surface area contributed by atoms with Crippen molar-refractivity contribution >= 4 is 36.8 Å². The van der Waals surface area contributed by atoms with Crippen LogP contribution in [0.2, 0.25) is 0 Å². The number of hydrogen-bond acceptors (Lipinski definition) is 4. The third-order valence-corrected chi connectivity index (χ3v) is 5.46. The summed E-state index contributed by atoms with van der Waals surface area (Å²) in [5.74, 6) is 0.471. The molecule has 0 bridgehead atoms. The van der Waals surface area contributed by atoms with Crippen LogP contribution in [0.3, 0.4) is 0 Å². The van der Waals surface area contributed by atoms with E-state index in [9.17, 15) is 8.42 Å². The highest BCUT2D eigenvalue weighted by Crippen LogP contribution is 2.35. The summed E-state index contributed by atoms with van der Waals surface area (Å²) in [4.78, 5) is -0.0115. The predicted octanol–water partition coefficient (Wildman–Crippen LogP) is 4.38. The maximum Gasteiger partial charge on any atom is 0.342 e. The van der Waals surface area contributed by atoms with Gasteiger partial charge in [-0.25, -0.2) is 0 Å². The summed E-state index contributed by atoms with van der Waals surface area (Å²) in [6, 6.07) is 17.4. The van der Waals surface area contributed by atoms with Crippen molar-refractivity contribution in [3.05, 3.63) is 65.1 Å². The van der Waals surface area contributed by atoms with Gasteiger partial charge in [0.15, 0.2) is 5.75 Å². The van der Waals surface area contributed by atoms with Gasteiger partial charge in [0.05, 0.1) is 11.6 Å². The van der Waals surface area contributed by atoms with Crippen molar-refractivity contribution in [2.45, 2.75) is 4.90 Å². The van der Waals surface area contributed by atoms with Crippen molar-refractivity contribution in [1.82, 2.24) is 0 Å². The van der Waals surface area contributed by atoms with Gasteiger partial charge in [0, 0.05) is 0 Å². The lowest BCUT2D eigenvalue weighted by Gasteiger charge is -2.12. The Morgan fingerprint density at radius 3 is 2.35 bits per heavy atom. The Morgan fingerprint density at radius 2 is 1.57 bits per heavy atom. The van der Waals surface area contributed by atoms with Gasteiger partial charge in [-0.1, -0.05) is 42.5 Å². The zero-order valence-corrected chi connectivity index (χ0v) is 14.6. The molecule has 0 spiro atoms. The van der Waals surface area contributed by atoms with Gasteiger partial charge < -0.3 is 8.92 Å². The molecule has 0 unspecified atom stereocenters. The Kier molecular flexibility index (Phi) is 4.28. The second-order valence-corrected chi connectivity index (χ2v) is 7.09. The molecule has 23 heavy (non-hydrogen) atoms. The molecule has 3 aromatic carbocycles. The van der Waals surface area contributed by atoms with Crippen LogP contribution in [0.1, 0.15) is 0 Å². The van der Waals surface area contributed by atoms with Crippen LogP contribution < -0.4 is 8.92 Å². The smallest absolute Gasteiger partial charge is 0.342 e. The van der Waals surface area contributed by atoms with Crippen LogP contribution in [-0.4, -0.2) is 15.5 Å². The van der Waals surface area contributed by atoms with E-state index in [-0.39, 0.29) is 16.4 Å². The quantitative estimate of drug-likeness (QED) is 0.618. The maximum atomic E-state index is 12.5. The first kappa shape index (κ1) is 15.8. The Bertz CT molecular complexity index is 967. The van der Waals surface area contributed by atoms with Gasteiger partial charge in [-0.3, -0.25) is 0 Å². The summed E-state index contributed by atoms with van der Waals surface area (Å²) in [5, 5.41) is 1.86. The third-order valence-electron chi connectivity index (χ3n) is 3.37. The maximum absolute atomic E-state index is 12.5. The third kappa shape index (κ3) is 3.04. The fourth-order valence-electron chi connectivity index (χ4n) is 2.27. The van der Waals surface area contributed by atoms with E-state index in [0.29, 0.717) is 4.47 Å². The van der Waals surface area contributed by atoms with Crippen LogP contribution in [0.15, 0.2) is 70.0 Å². The molecule has 3 rings (SSSR count). The molecule has 0 radical (unpaired) electrons. The summed E-state index contributed by atoms with van der Waals surface area (Å²) < 4.78 is 36.1. The lowest BCUT2D eigenvalue weighted by Crippen LogP contribution is -2.11. The Morgan fingerprint density at radius 1 is 0.870 bits per heavy atom. The van der Waals surface area contributed by atoms with Crippen molar-refractivity contribution < 1.29 is 17.3 Å². The second-order valence-electron chi connectivity index (χ2n) is 4.79. The highest BCUT2D eigenvalue weighted by molar-refractivity contribution is 9.10. The normalized spacial score (nSPS) is 11.4. The lowest BCUT2D eigenvalue weighted by molar-refractivity contribution is 0.398. The molecule has 3 aromatic rings. The minimum atomic E-state index is -4.00. The van der Waals surface area contributed by atoms with E-state index in [1.807, 2.05) is 30.3 Å². The zero-order chi connectivity index (χ0) is 16.4. The van der Waals surface area contributed by atoms with Gasteiger partial charge in [0.2, 0.25) is 0 Å². The molecule has 0 saturated carbocycles. The number of methoxy groups -OCH3 is 1. The number of halogens is 1. The minimum Gasteiger partial charge on any atom is -0.495 e. The summed E-state index contributed by atoms with van der Waals surface area (Å²) in [5.41, 5.74) is 0. The molecular formula is C17H13BrO4S. The molecule has 0 aromatic heterocycles. The highest BCUT2D eigenvalue weighted by Gasteiger charge is 2.22. The standard InChI is InChI=1S/C17H13BrO4S/c1-21-14-8-4-5-9-16(14)23(19,20)22-15-11-10-12-6-2-3-7-13(12)17(15)18/h2-11H,1H3. The van der Waals surface area contributed by atoms with E-state index < -0.39 is 10.1 Å². The molecule has 0 amide bonds. The van der Waals surface area contributed by atoms with Gasteiger partial charge in [-0.15, -0.1) is 0 Å². The minimum absolute atomic E-state index is 0.0115. The molecule has 118 valence electrons. The highest BCUT2D eigenvalue weighted by atomic mass is 79.9. The fraction of sp³-hybridized carbons (Fsp3) is 0.0588. The predicted molar refractivity (Wildman–Crippen MR) is 92.5 cm³/mol. The number of benzene rings is 3. The van der Waals surface area contributed by atoms with Crippen LogP contribution >= 0.6 is 15.9 Å². The molecule has 4 nitrogen and oxygen atoms in total. The molecule has 0 saturated heterocycles. The van der Waals surface area contributed by atoms with Gasteiger partial charge in [-0.05, 0) is 44.9 Å². The first-order valence-corrected chi connectivity index (χ1v) is 8.98. The average Bonchev–Trinajstić information content (AvgIpc) is 2.57. The number of ether oxygens (including phenoxy) is 1. The van der Waals surface area contributed by atoms with Gasteiger partial charge in [-0.2, -0.15) is 8.42 Å². The Labute approximate surface area is 142 Å². The molecule has 0 aliphatic heterocycles. The van der Waals surface area contributed by atoms with E-state index in [4.69, 9.17) is 8.92 Å². The van der Waals surface area contributed by atoms with Crippen LogP contribution in [0.25, 0.3) is 10.8 Å². The molecule has 0 fully saturated rings. The van der Waals surface area contributed by atoms with Crippen molar-refractivity contribution in [3.8, 4) is 11.5 Å². The largest absolute Gasteiger partial charge is 0.495 e. The second kappa shape index (κ2) is 6.22. The van der Waals surface area contributed by atoms with Gasteiger partial charge >= 0.3 is 10.1 Å². The van der Waals surface area contributed by atoms with E-state index in [2.05, 4.69) is 15.9 Å². The molecule has 0 N–H and O–H groups in total. The molecule has 0 heterocycles. The Balaban J connectivity index is 2.06. The van der Waals surface area contributed by atoms with Gasteiger partial charge in [0.1, 0.15) is 10.6 Å². The van der Waals surface area contributed by atoms with Crippen LogP contribution in [0, 0.1) is 0 Å². The number of fused-ring (bicyclic) bond motifs is 1. The summed E-state index contributed by atoms with van der Waals surface area (Å²) in [6.45, 7) is 0. The Hall–Kier alpha value is -2.05. The first-order chi connectivity index (χ1) is 11.0. The van der Waals surface area contributed by atoms with E-state index in [1.165, 1.54) is 13.2 Å². The van der Waals surface area contributed by atoms with Crippen molar-refractivity contribution in [2.24, 2.45) is 0 Å². The van der Waals surface area contributed by atoms with Crippen LogP contribution in [0.5, 0.6) is 11.5 Å². The van der Waals surface area contributed by atoms with E-state index >= 15 is 0 Å². The first-order valence-electron chi connectivity index (χ1n) is 6.77.